The smallest absolute Gasteiger partial charge is 0.240 e. The summed E-state index contributed by atoms with van der Waals surface area (Å²) < 4.78 is 49.4. The first-order valence-corrected chi connectivity index (χ1v) is 10.1. The molecule has 6 nitrogen and oxygen atoms in total. The number of anilines is 1. The number of hydrogen-bond acceptors (Lipinski definition) is 5. The topological polar surface area (TPSA) is 92.3 Å². The van der Waals surface area contributed by atoms with Crippen LogP contribution in [0.4, 0.5) is 5.69 Å². The molecule has 0 bridgehead atoms. The SMILES string of the molecule is CCNS(=O)(=O)c1ccc(NCC2CCCS2(=O)=O)cc1. The predicted molar refractivity (Wildman–Crippen MR) is 82.6 cm³/mol. The Hall–Kier alpha value is -1.12. The highest BCUT2D eigenvalue weighted by Gasteiger charge is 2.30. The van der Waals surface area contributed by atoms with Crippen molar-refractivity contribution in [1.29, 1.82) is 0 Å². The second-order valence-electron chi connectivity index (χ2n) is 5.04. The zero-order valence-electron chi connectivity index (χ0n) is 11.9. The van der Waals surface area contributed by atoms with Gasteiger partial charge in [0, 0.05) is 18.8 Å². The first-order valence-electron chi connectivity index (χ1n) is 6.90. The van der Waals surface area contributed by atoms with E-state index >= 15 is 0 Å². The minimum Gasteiger partial charge on any atom is -0.384 e. The average Bonchev–Trinajstić information content (AvgIpc) is 2.76. The van der Waals surface area contributed by atoms with Crippen LogP contribution in [0.15, 0.2) is 29.2 Å². The Balaban J connectivity index is 2.00. The van der Waals surface area contributed by atoms with Gasteiger partial charge in [-0.15, -0.1) is 0 Å². The van der Waals surface area contributed by atoms with E-state index in [1.807, 2.05) is 0 Å². The molecule has 1 aliphatic heterocycles. The molecule has 118 valence electrons. The second kappa shape index (κ2) is 6.33. The highest BCUT2D eigenvalue weighted by atomic mass is 32.2. The maximum absolute atomic E-state index is 11.8. The van der Waals surface area contributed by atoms with Crippen molar-refractivity contribution in [1.82, 2.24) is 4.72 Å². The lowest BCUT2D eigenvalue weighted by Crippen LogP contribution is -2.25. The van der Waals surface area contributed by atoms with E-state index in [0.29, 0.717) is 31.6 Å². The number of sulfone groups is 1. The van der Waals surface area contributed by atoms with Crippen molar-refractivity contribution in [3.63, 3.8) is 0 Å². The standard InChI is InChI=1S/C13H20N2O4S2/c1-2-15-21(18,19)12-7-5-11(6-8-12)14-10-13-4-3-9-20(13,16)17/h5-8,13-15H,2-4,9-10H2,1H3. The van der Waals surface area contributed by atoms with Crippen LogP contribution in [0.2, 0.25) is 0 Å². The number of nitrogens with one attached hydrogen (secondary N) is 2. The van der Waals surface area contributed by atoms with E-state index in [-0.39, 0.29) is 15.9 Å². The fourth-order valence-corrected chi connectivity index (χ4v) is 5.15. The summed E-state index contributed by atoms with van der Waals surface area (Å²) in [5.41, 5.74) is 0.715. The van der Waals surface area contributed by atoms with E-state index in [2.05, 4.69) is 10.0 Å². The molecular weight excluding hydrogens is 312 g/mol. The lowest BCUT2D eigenvalue weighted by atomic mass is 10.2. The molecule has 1 unspecified atom stereocenters. The molecule has 2 rings (SSSR count). The van der Waals surface area contributed by atoms with Gasteiger partial charge in [0.15, 0.2) is 9.84 Å². The van der Waals surface area contributed by atoms with Gasteiger partial charge in [-0.1, -0.05) is 6.92 Å². The van der Waals surface area contributed by atoms with Crippen molar-refractivity contribution in [3.8, 4) is 0 Å². The van der Waals surface area contributed by atoms with E-state index in [1.165, 1.54) is 12.1 Å². The normalized spacial score (nSPS) is 21.3. The Labute approximate surface area is 125 Å². The van der Waals surface area contributed by atoms with Gasteiger partial charge in [0.1, 0.15) is 0 Å². The number of sulfonamides is 1. The molecule has 0 saturated carbocycles. The summed E-state index contributed by atoms with van der Waals surface area (Å²) in [4.78, 5) is 0.198. The maximum atomic E-state index is 11.8. The van der Waals surface area contributed by atoms with Crippen LogP contribution in [0, 0.1) is 0 Å². The van der Waals surface area contributed by atoms with Crippen LogP contribution in [0.25, 0.3) is 0 Å². The number of hydrogen-bond donors (Lipinski definition) is 2. The van der Waals surface area contributed by atoms with E-state index in [4.69, 9.17) is 0 Å². The molecule has 1 aromatic carbocycles. The van der Waals surface area contributed by atoms with E-state index in [1.54, 1.807) is 19.1 Å². The number of benzene rings is 1. The van der Waals surface area contributed by atoms with Gasteiger partial charge in [-0.3, -0.25) is 0 Å². The fourth-order valence-electron chi connectivity index (χ4n) is 2.34. The Morgan fingerprint density at radius 2 is 1.90 bits per heavy atom. The van der Waals surface area contributed by atoms with Crippen LogP contribution in [0.1, 0.15) is 19.8 Å². The Morgan fingerprint density at radius 3 is 2.43 bits per heavy atom. The molecule has 8 heteroatoms. The van der Waals surface area contributed by atoms with E-state index < -0.39 is 19.9 Å². The summed E-state index contributed by atoms with van der Waals surface area (Å²) in [5.74, 6) is 0.263. The van der Waals surface area contributed by atoms with Gasteiger partial charge in [0.2, 0.25) is 10.0 Å². The molecule has 1 heterocycles. The minimum absolute atomic E-state index is 0.198. The largest absolute Gasteiger partial charge is 0.384 e. The summed E-state index contributed by atoms with van der Waals surface area (Å²) in [7, 11) is -6.41. The summed E-state index contributed by atoms with van der Waals surface area (Å²) in [6, 6.07) is 6.30. The van der Waals surface area contributed by atoms with Crippen LogP contribution in [-0.4, -0.2) is 40.9 Å². The van der Waals surface area contributed by atoms with Crippen LogP contribution in [0.5, 0.6) is 0 Å². The van der Waals surface area contributed by atoms with Gasteiger partial charge in [-0.05, 0) is 37.1 Å². The second-order valence-corrected chi connectivity index (χ2v) is 9.21. The third-order valence-electron chi connectivity index (χ3n) is 3.50. The Morgan fingerprint density at radius 1 is 1.24 bits per heavy atom. The molecule has 1 fully saturated rings. The van der Waals surface area contributed by atoms with Crippen molar-refractivity contribution in [2.45, 2.75) is 29.9 Å². The monoisotopic (exact) mass is 332 g/mol. The van der Waals surface area contributed by atoms with Crippen molar-refractivity contribution in [2.75, 3.05) is 24.2 Å². The van der Waals surface area contributed by atoms with E-state index in [0.717, 1.165) is 0 Å². The number of rotatable bonds is 6. The fraction of sp³-hybridized carbons (Fsp3) is 0.538. The summed E-state index contributed by atoms with van der Waals surface area (Å²) in [5, 5.41) is 2.71. The van der Waals surface area contributed by atoms with Crippen molar-refractivity contribution in [3.05, 3.63) is 24.3 Å². The Bertz CT molecular complexity index is 681. The zero-order chi connectivity index (χ0) is 15.5. The third kappa shape index (κ3) is 3.96. The van der Waals surface area contributed by atoms with Gasteiger partial charge < -0.3 is 5.32 Å². The molecule has 0 radical (unpaired) electrons. The molecule has 0 aliphatic carbocycles. The van der Waals surface area contributed by atoms with Crippen molar-refractivity contribution < 1.29 is 16.8 Å². The van der Waals surface area contributed by atoms with E-state index in [9.17, 15) is 16.8 Å². The Kier molecular flexibility index (Phi) is 4.90. The third-order valence-corrected chi connectivity index (χ3v) is 7.33. The maximum Gasteiger partial charge on any atom is 0.240 e. The molecule has 1 aromatic rings. The first kappa shape index (κ1) is 16.3. The molecule has 1 saturated heterocycles. The molecule has 1 atom stereocenters. The van der Waals surface area contributed by atoms with Crippen LogP contribution < -0.4 is 10.0 Å². The van der Waals surface area contributed by atoms with Gasteiger partial charge in [-0.25, -0.2) is 21.6 Å². The van der Waals surface area contributed by atoms with Gasteiger partial charge in [-0.2, -0.15) is 0 Å². The molecule has 21 heavy (non-hydrogen) atoms. The van der Waals surface area contributed by atoms with Crippen molar-refractivity contribution >= 4 is 25.5 Å². The van der Waals surface area contributed by atoms with Crippen LogP contribution in [0.3, 0.4) is 0 Å². The van der Waals surface area contributed by atoms with Gasteiger partial charge in [0.05, 0.1) is 15.9 Å². The highest BCUT2D eigenvalue weighted by molar-refractivity contribution is 7.92. The molecule has 2 N–H and O–H groups in total. The molecule has 0 spiro atoms. The lowest BCUT2D eigenvalue weighted by Gasteiger charge is -2.12. The lowest BCUT2D eigenvalue weighted by molar-refractivity contribution is 0.583. The molecule has 1 aliphatic rings. The first-order chi connectivity index (χ1) is 9.85. The summed E-state index contributed by atoms with van der Waals surface area (Å²) in [6.45, 7) is 2.42. The summed E-state index contributed by atoms with van der Waals surface area (Å²) in [6.07, 6.45) is 1.40. The van der Waals surface area contributed by atoms with Gasteiger partial charge >= 0.3 is 0 Å². The predicted octanol–water partition coefficient (Wildman–Crippen LogP) is 0.974. The van der Waals surface area contributed by atoms with Crippen LogP contribution >= 0.6 is 0 Å². The summed E-state index contributed by atoms with van der Waals surface area (Å²) >= 11 is 0. The van der Waals surface area contributed by atoms with Crippen molar-refractivity contribution in [2.24, 2.45) is 0 Å². The molecular formula is C13H20N2O4S2. The molecule has 0 amide bonds. The molecule has 0 aromatic heterocycles. The minimum atomic E-state index is -3.45. The quantitative estimate of drug-likeness (QED) is 0.810. The average molecular weight is 332 g/mol. The zero-order valence-corrected chi connectivity index (χ0v) is 13.5. The van der Waals surface area contributed by atoms with Crippen LogP contribution in [-0.2, 0) is 19.9 Å². The van der Waals surface area contributed by atoms with Gasteiger partial charge in [0.25, 0.3) is 0 Å². The highest BCUT2D eigenvalue weighted by Crippen LogP contribution is 2.21.